The maximum absolute atomic E-state index is 11.8. The van der Waals surface area contributed by atoms with Gasteiger partial charge in [0.25, 0.3) is 5.91 Å². The van der Waals surface area contributed by atoms with Crippen LogP contribution in [0, 0.1) is 0 Å². The number of rotatable bonds is 4. The fourth-order valence-corrected chi connectivity index (χ4v) is 1.99. The number of hydrogen-bond donors (Lipinski definition) is 2. The van der Waals surface area contributed by atoms with Crippen LogP contribution in [0.2, 0.25) is 0 Å². The molecule has 1 aliphatic heterocycles. The second-order valence-electron chi connectivity index (χ2n) is 4.23. The lowest BCUT2D eigenvalue weighted by atomic mass is 10.2. The largest absolute Gasteiger partial charge is 0.497 e. The molecular weight excluding hydrogens is 216 g/mol. The Morgan fingerprint density at radius 3 is 2.82 bits per heavy atom. The highest BCUT2D eigenvalue weighted by atomic mass is 16.5. The fourth-order valence-electron chi connectivity index (χ4n) is 1.99. The molecule has 92 valence electrons. The van der Waals surface area contributed by atoms with E-state index in [1.54, 1.807) is 31.4 Å². The van der Waals surface area contributed by atoms with Crippen LogP contribution in [0.25, 0.3) is 0 Å². The van der Waals surface area contributed by atoms with Gasteiger partial charge in [0.2, 0.25) is 0 Å². The minimum atomic E-state index is -0.0265. The first-order valence-corrected chi connectivity index (χ1v) is 5.95. The number of amides is 1. The van der Waals surface area contributed by atoms with Gasteiger partial charge in [-0.2, -0.15) is 0 Å². The lowest BCUT2D eigenvalue weighted by Crippen LogP contribution is -2.37. The predicted molar refractivity (Wildman–Crippen MR) is 66.4 cm³/mol. The summed E-state index contributed by atoms with van der Waals surface area (Å²) in [6.45, 7) is 1.76. The van der Waals surface area contributed by atoms with Crippen LogP contribution in [-0.2, 0) is 0 Å². The second kappa shape index (κ2) is 5.68. The molecule has 1 heterocycles. The van der Waals surface area contributed by atoms with Gasteiger partial charge in [0.15, 0.2) is 0 Å². The van der Waals surface area contributed by atoms with Crippen molar-refractivity contribution in [1.82, 2.24) is 10.6 Å². The Morgan fingerprint density at radius 2 is 2.24 bits per heavy atom. The first-order chi connectivity index (χ1) is 8.29. The lowest BCUT2D eigenvalue weighted by Gasteiger charge is -2.11. The Morgan fingerprint density at radius 1 is 1.47 bits per heavy atom. The summed E-state index contributed by atoms with van der Waals surface area (Å²) < 4.78 is 5.05. The Kier molecular flexibility index (Phi) is 3.98. The van der Waals surface area contributed by atoms with Crippen LogP contribution in [0.4, 0.5) is 0 Å². The van der Waals surface area contributed by atoms with E-state index in [0.29, 0.717) is 18.2 Å². The molecule has 0 bridgehead atoms. The molecule has 1 fully saturated rings. The van der Waals surface area contributed by atoms with Crippen molar-refractivity contribution in [3.05, 3.63) is 29.8 Å². The van der Waals surface area contributed by atoms with E-state index in [1.807, 2.05) is 0 Å². The zero-order chi connectivity index (χ0) is 12.1. The standard InChI is InChI=1S/C13H18N2O2/c1-17-12-6-4-10(5-7-12)13(16)15-9-11-3-2-8-14-11/h4-7,11,14H,2-3,8-9H2,1H3,(H,15,16). The van der Waals surface area contributed by atoms with Crippen molar-refractivity contribution in [3.8, 4) is 5.75 Å². The second-order valence-corrected chi connectivity index (χ2v) is 4.23. The highest BCUT2D eigenvalue weighted by Crippen LogP contribution is 2.11. The van der Waals surface area contributed by atoms with E-state index in [9.17, 15) is 4.79 Å². The molecule has 0 aliphatic carbocycles. The van der Waals surface area contributed by atoms with Gasteiger partial charge in [0.05, 0.1) is 7.11 Å². The number of methoxy groups -OCH3 is 1. The number of ether oxygens (including phenoxy) is 1. The minimum absolute atomic E-state index is 0.0265. The molecule has 0 aromatic heterocycles. The van der Waals surface area contributed by atoms with Gasteiger partial charge < -0.3 is 15.4 Å². The van der Waals surface area contributed by atoms with E-state index in [-0.39, 0.29) is 5.91 Å². The van der Waals surface area contributed by atoms with Crippen LogP contribution in [0.15, 0.2) is 24.3 Å². The Labute approximate surface area is 101 Å². The average Bonchev–Trinajstić information content (AvgIpc) is 2.89. The van der Waals surface area contributed by atoms with Crippen molar-refractivity contribution < 1.29 is 9.53 Å². The molecule has 0 spiro atoms. The predicted octanol–water partition coefficient (Wildman–Crippen LogP) is 1.18. The van der Waals surface area contributed by atoms with Crippen LogP contribution in [0.5, 0.6) is 5.75 Å². The summed E-state index contributed by atoms with van der Waals surface area (Å²) in [4.78, 5) is 11.8. The minimum Gasteiger partial charge on any atom is -0.497 e. The van der Waals surface area contributed by atoms with Crippen LogP contribution in [0.3, 0.4) is 0 Å². The smallest absolute Gasteiger partial charge is 0.251 e. The third-order valence-electron chi connectivity index (χ3n) is 3.02. The van der Waals surface area contributed by atoms with Crippen LogP contribution >= 0.6 is 0 Å². The highest BCUT2D eigenvalue weighted by Gasteiger charge is 2.15. The third-order valence-corrected chi connectivity index (χ3v) is 3.02. The van der Waals surface area contributed by atoms with Gasteiger partial charge in [0.1, 0.15) is 5.75 Å². The highest BCUT2D eigenvalue weighted by molar-refractivity contribution is 5.94. The summed E-state index contributed by atoms with van der Waals surface area (Å²) in [6, 6.07) is 7.56. The maximum Gasteiger partial charge on any atom is 0.251 e. The number of hydrogen-bond acceptors (Lipinski definition) is 3. The van der Waals surface area contributed by atoms with Crippen molar-refractivity contribution in [3.63, 3.8) is 0 Å². The van der Waals surface area contributed by atoms with Gasteiger partial charge in [-0.25, -0.2) is 0 Å². The van der Waals surface area contributed by atoms with Gasteiger partial charge in [-0.3, -0.25) is 4.79 Å². The Bertz CT molecular complexity index is 370. The number of benzene rings is 1. The Hall–Kier alpha value is -1.55. The molecule has 1 aromatic carbocycles. The third kappa shape index (κ3) is 3.20. The van der Waals surface area contributed by atoms with E-state index in [4.69, 9.17) is 4.74 Å². The molecule has 0 radical (unpaired) electrons. The van der Waals surface area contributed by atoms with Gasteiger partial charge in [-0.05, 0) is 43.7 Å². The van der Waals surface area contributed by atoms with E-state index in [1.165, 1.54) is 6.42 Å². The number of carbonyl (C=O) groups excluding carboxylic acids is 1. The molecule has 1 atom stereocenters. The zero-order valence-electron chi connectivity index (χ0n) is 10.0. The summed E-state index contributed by atoms with van der Waals surface area (Å²) in [6.07, 6.45) is 2.34. The summed E-state index contributed by atoms with van der Waals surface area (Å²) in [5.74, 6) is 0.736. The molecule has 2 rings (SSSR count). The topological polar surface area (TPSA) is 50.4 Å². The lowest BCUT2D eigenvalue weighted by molar-refractivity contribution is 0.0950. The van der Waals surface area contributed by atoms with Crippen molar-refractivity contribution in [2.75, 3.05) is 20.2 Å². The van der Waals surface area contributed by atoms with Crippen LogP contribution < -0.4 is 15.4 Å². The molecule has 17 heavy (non-hydrogen) atoms. The zero-order valence-corrected chi connectivity index (χ0v) is 10.0. The number of carbonyl (C=O) groups is 1. The average molecular weight is 234 g/mol. The van der Waals surface area contributed by atoms with Gasteiger partial charge in [-0.1, -0.05) is 0 Å². The molecule has 1 amide bonds. The SMILES string of the molecule is COc1ccc(C(=O)NCC2CCCN2)cc1. The normalized spacial score (nSPS) is 19.0. The first-order valence-electron chi connectivity index (χ1n) is 5.95. The summed E-state index contributed by atoms with van der Waals surface area (Å²) >= 11 is 0. The first kappa shape index (κ1) is 11.9. The van der Waals surface area contributed by atoms with Crippen molar-refractivity contribution in [2.24, 2.45) is 0 Å². The van der Waals surface area contributed by atoms with Crippen molar-refractivity contribution in [2.45, 2.75) is 18.9 Å². The molecule has 4 nitrogen and oxygen atoms in total. The molecule has 1 unspecified atom stereocenters. The molecule has 0 saturated carbocycles. The van der Waals surface area contributed by atoms with E-state index >= 15 is 0 Å². The molecule has 2 N–H and O–H groups in total. The Balaban J connectivity index is 1.85. The molecular formula is C13H18N2O2. The quantitative estimate of drug-likeness (QED) is 0.822. The summed E-state index contributed by atoms with van der Waals surface area (Å²) in [7, 11) is 1.61. The van der Waals surface area contributed by atoms with Crippen molar-refractivity contribution in [1.29, 1.82) is 0 Å². The van der Waals surface area contributed by atoms with Crippen molar-refractivity contribution >= 4 is 5.91 Å². The van der Waals surface area contributed by atoms with E-state index in [2.05, 4.69) is 10.6 Å². The van der Waals surface area contributed by atoms with Gasteiger partial charge in [-0.15, -0.1) is 0 Å². The van der Waals surface area contributed by atoms with Gasteiger partial charge >= 0.3 is 0 Å². The maximum atomic E-state index is 11.8. The van der Waals surface area contributed by atoms with Crippen LogP contribution in [-0.4, -0.2) is 32.1 Å². The molecule has 1 aliphatic rings. The summed E-state index contributed by atoms with van der Waals surface area (Å²) in [5, 5.41) is 6.28. The van der Waals surface area contributed by atoms with Crippen LogP contribution in [0.1, 0.15) is 23.2 Å². The fraction of sp³-hybridized carbons (Fsp3) is 0.462. The molecule has 1 aromatic rings. The monoisotopic (exact) mass is 234 g/mol. The van der Waals surface area contributed by atoms with E-state index < -0.39 is 0 Å². The molecule has 4 heteroatoms. The summed E-state index contributed by atoms with van der Waals surface area (Å²) in [5.41, 5.74) is 0.670. The number of nitrogens with one attached hydrogen (secondary N) is 2. The molecule has 1 saturated heterocycles. The van der Waals surface area contributed by atoms with E-state index in [0.717, 1.165) is 18.7 Å². The van der Waals surface area contributed by atoms with Gasteiger partial charge in [0, 0.05) is 18.2 Å².